The number of benzene rings is 3. The number of nitrogens with two attached hydrogens (primary N) is 1. The predicted molar refractivity (Wildman–Crippen MR) is 162 cm³/mol. The van der Waals surface area contributed by atoms with Crippen LogP contribution in [0.15, 0.2) is 77.8 Å². The molecule has 0 bridgehead atoms. The third-order valence-corrected chi connectivity index (χ3v) is 8.91. The standard InChI is InChI=1S/C31H30N6O4S/c1-4-5-14-41-23-9-13-28-21(15-23)16-29(37(28)42(39,40)24-10-6-19(2)7-11-24)30(38)25-18-33-36(31(25)32)22-8-12-26-27(17-22)35-20(3)34-26/h6-13,15-18H,4-5,14,32H2,1-3H3,(H,34,35). The number of unbranched alkanes of at least 4 members (excludes halogenated alkanes) is 1. The van der Waals surface area contributed by atoms with E-state index in [1.165, 1.54) is 23.0 Å². The van der Waals surface area contributed by atoms with E-state index in [4.69, 9.17) is 10.5 Å². The number of nitrogens with zero attached hydrogens (tertiary/aromatic N) is 4. The van der Waals surface area contributed by atoms with Gasteiger partial charge in [-0.1, -0.05) is 31.0 Å². The average Bonchev–Trinajstić information content (AvgIpc) is 3.66. The lowest BCUT2D eigenvalue weighted by atomic mass is 10.1. The molecule has 3 aromatic heterocycles. The van der Waals surface area contributed by atoms with Crippen LogP contribution in [0, 0.1) is 13.8 Å². The summed E-state index contributed by atoms with van der Waals surface area (Å²) in [5.41, 5.74) is 9.99. The molecule has 3 N–H and O–H groups in total. The Bertz CT molecular complexity index is 2070. The highest BCUT2D eigenvalue weighted by Gasteiger charge is 2.29. The molecule has 6 aromatic rings. The monoisotopic (exact) mass is 582 g/mol. The minimum absolute atomic E-state index is 0.0535. The Morgan fingerprint density at radius 2 is 1.81 bits per heavy atom. The number of aryl methyl sites for hydroxylation is 2. The van der Waals surface area contributed by atoms with Crippen molar-refractivity contribution in [2.24, 2.45) is 0 Å². The number of aromatic nitrogens is 5. The number of fused-ring (bicyclic) bond motifs is 2. The molecule has 0 aliphatic heterocycles. The van der Waals surface area contributed by atoms with E-state index >= 15 is 0 Å². The second kappa shape index (κ2) is 10.5. The summed E-state index contributed by atoms with van der Waals surface area (Å²) in [5.74, 6) is 0.880. The number of H-pyrrole nitrogens is 1. The van der Waals surface area contributed by atoms with Crippen molar-refractivity contribution >= 4 is 43.6 Å². The van der Waals surface area contributed by atoms with Gasteiger partial charge in [0, 0.05) is 5.39 Å². The Morgan fingerprint density at radius 1 is 1.02 bits per heavy atom. The number of carbonyl (C=O) groups is 1. The van der Waals surface area contributed by atoms with Crippen molar-refractivity contribution in [2.45, 2.75) is 38.5 Å². The maximum atomic E-state index is 14.1. The van der Waals surface area contributed by atoms with Crippen LogP contribution >= 0.6 is 0 Å². The number of nitrogen functional groups attached to an aromatic ring is 1. The van der Waals surface area contributed by atoms with Gasteiger partial charge in [-0.3, -0.25) is 4.79 Å². The van der Waals surface area contributed by atoms with Crippen molar-refractivity contribution in [3.63, 3.8) is 0 Å². The number of ether oxygens (including phenoxy) is 1. The van der Waals surface area contributed by atoms with Gasteiger partial charge in [0.1, 0.15) is 23.1 Å². The minimum Gasteiger partial charge on any atom is -0.494 e. The van der Waals surface area contributed by atoms with E-state index in [9.17, 15) is 13.2 Å². The molecule has 0 saturated carbocycles. The average molecular weight is 583 g/mol. The van der Waals surface area contributed by atoms with Crippen LogP contribution in [0.4, 0.5) is 5.82 Å². The molecule has 214 valence electrons. The van der Waals surface area contributed by atoms with Crippen LogP contribution in [0.25, 0.3) is 27.6 Å². The molecule has 0 amide bonds. The van der Waals surface area contributed by atoms with Gasteiger partial charge in [-0.15, -0.1) is 0 Å². The molecule has 42 heavy (non-hydrogen) atoms. The second-order valence-electron chi connectivity index (χ2n) is 10.2. The first kappa shape index (κ1) is 27.3. The van der Waals surface area contributed by atoms with Crippen LogP contribution in [0.2, 0.25) is 0 Å². The van der Waals surface area contributed by atoms with Crippen LogP contribution in [0.5, 0.6) is 5.75 Å². The van der Waals surface area contributed by atoms with Crippen molar-refractivity contribution in [1.82, 2.24) is 23.7 Å². The van der Waals surface area contributed by atoms with Crippen LogP contribution in [-0.4, -0.2) is 44.5 Å². The number of nitrogens with one attached hydrogen (secondary N) is 1. The van der Waals surface area contributed by atoms with Crippen LogP contribution in [0.1, 0.15) is 47.2 Å². The fraction of sp³-hybridized carbons (Fsp3) is 0.194. The van der Waals surface area contributed by atoms with E-state index in [1.54, 1.807) is 42.5 Å². The van der Waals surface area contributed by atoms with E-state index in [2.05, 4.69) is 22.0 Å². The van der Waals surface area contributed by atoms with Gasteiger partial charge in [0.2, 0.25) is 5.78 Å². The lowest BCUT2D eigenvalue weighted by molar-refractivity contribution is 0.103. The molecule has 0 spiro atoms. The van der Waals surface area contributed by atoms with E-state index in [0.717, 1.165) is 39.2 Å². The molecule has 0 aliphatic rings. The van der Waals surface area contributed by atoms with Gasteiger partial charge in [-0.2, -0.15) is 5.10 Å². The molecule has 0 saturated heterocycles. The molecule has 0 fully saturated rings. The second-order valence-corrected chi connectivity index (χ2v) is 12.0. The molecule has 10 nitrogen and oxygen atoms in total. The Balaban J connectivity index is 1.47. The highest BCUT2D eigenvalue weighted by Crippen LogP contribution is 2.32. The molecular formula is C31H30N6O4S. The number of imidazole rings is 1. The smallest absolute Gasteiger partial charge is 0.268 e. The molecular weight excluding hydrogens is 552 g/mol. The summed E-state index contributed by atoms with van der Waals surface area (Å²) in [6.07, 6.45) is 3.23. The molecule has 0 radical (unpaired) electrons. The Kier molecular flexibility index (Phi) is 6.82. The summed E-state index contributed by atoms with van der Waals surface area (Å²) in [6, 6.07) is 18.7. The van der Waals surface area contributed by atoms with Gasteiger partial charge >= 0.3 is 0 Å². The number of anilines is 1. The Morgan fingerprint density at radius 3 is 2.57 bits per heavy atom. The maximum Gasteiger partial charge on any atom is 0.268 e. The Hall–Kier alpha value is -4.90. The van der Waals surface area contributed by atoms with Crippen LogP contribution < -0.4 is 10.5 Å². The van der Waals surface area contributed by atoms with Crippen molar-refractivity contribution < 1.29 is 17.9 Å². The van der Waals surface area contributed by atoms with Crippen LogP contribution in [-0.2, 0) is 10.0 Å². The Labute approximate surface area is 242 Å². The number of carbonyl (C=O) groups excluding carboxylic acids is 1. The molecule has 0 aliphatic carbocycles. The van der Waals surface area contributed by atoms with E-state index in [-0.39, 0.29) is 22.0 Å². The summed E-state index contributed by atoms with van der Waals surface area (Å²) in [5, 5.41) is 4.92. The highest BCUT2D eigenvalue weighted by atomic mass is 32.2. The van der Waals surface area contributed by atoms with Gasteiger partial charge in [0.15, 0.2) is 0 Å². The maximum absolute atomic E-state index is 14.1. The summed E-state index contributed by atoms with van der Waals surface area (Å²) in [6.45, 7) is 6.35. The largest absolute Gasteiger partial charge is 0.494 e. The molecule has 0 unspecified atom stereocenters. The van der Waals surface area contributed by atoms with Crippen molar-refractivity contribution in [2.75, 3.05) is 12.3 Å². The minimum atomic E-state index is -4.16. The fourth-order valence-electron chi connectivity index (χ4n) is 4.96. The summed E-state index contributed by atoms with van der Waals surface area (Å²) >= 11 is 0. The van der Waals surface area contributed by atoms with Crippen molar-refractivity contribution in [3.05, 3.63) is 95.6 Å². The first-order valence-corrected chi connectivity index (χ1v) is 15.1. The zero-order valence-corrected chi connectivity index (χ0v) is 24.3. The first-order valence-electron chi connectivity index (χ1n) is 13.6. The lowest BCUT2D eigenvalue weighted by Gasteiger charge is -2.12. The van der Waals surface area contributed by atoms with Gasteiger partial charge in [-0.25, -0.2) is 22.1 Å². The summed E-state index contributed by atoms with van der Waals surface area (Å²) in [4.78, 5) is 21.7. The predicted octanol–water partition coefficient (Wildman–Crippen LogP) is 5.55. The number of hydrogen-bond donors (Lipinski definition) is 2. The summed E-state index contributed by atoms with van der Waals surface area (Å²) in [7, 11) is -4.16. The number of aromatic amines is 1. The van der Waals surface area contributed by atoms with Crippen LogP contribution in [0.3, 0.4) is 0 Å². The lowest BCUT2D eigenvalue weighted by Crippen LogP contribution is -2.19. The molecule has 11 heteroatoms. The quantitative estimate of drug-likeness (QED) is 0.168. The fourth-order valence-corrected chi connectivity index (χ4v) is 6.47. The topological polar surface area (TPSA) is 138 Å². The van der Waals surface area contributed by atoms with Gasteiger partial charge in [-0.05, 0) is 74.9 Å². The van der Waals surface area contributed by atoms with E-state index in [0.29, 0.717) is 28.9 Å². The van der Waals surface area contributed by atoms with E-state index < -0.39 is 15.8 Å². The zero-order chi connectivity index (χ0) is 29.6. The van der Waals surface area contributed by atoms with E-state index in [1.807, 2.05) is 26.0 Å². The molecule has 0 atom stereocenters. The first-order chi connectivity index (χ1) is 20.2. The third kappa shape index (κ3) is 4.71. The molecule has 6 rings (SSSR count). The number of hydrogen-bond acceptors (Lipinski definition) is 7. The normalized spacial score (nSPS) is 11.9. The number of ketones is 1. The SMILES string of the molecule is CCCCOc1ccc2c(c1)cc(C(=O)c1cnn(-c3ccc4nc(C)[nH]c4c3)c1N)n2S(=O)(=O)c1ccc(C)cc1. The van der Waals surface area contributed by atoms with Gasteiger partial charge in [0.25, 0.3) is 10.0 Å². The van der Waals surface area contributed by atoms with Crippen molar-refractivity contribution in [3.8, 4) is 11.4 Å². The summed E-state index contributed by atoms with van der Waals surface area (Å²) < 4.78 is 36.4. The zero-order valence-electron chi connectivity index (χ0n) is 23.5. The third-order valence-electron chi connectivity index (χ3n) is 7.17. The highest BCUT2D eigenvalue weighted by molar-refractivity contribution is 7.90. The van der Waals surface area contributed by atoms with Crippen molar-refractivity contribution in [1.29, 1.82) is 0 Å². The molecule has 3 aromatic carbocycles. The number of rotatable bonds is 9. The van der Waals surface area contributed by atoms with Gasteiger partial charge in [0.05, 0.1) is 45.5 Å². The van der Waals surface area contributed by atoms with Gasteiger partial charge < -0.3 is 15.5 Å². The molecule has 3 heterocycles.